The molecule has 8 heteroatoms. The number of benzene rings is 1. The average molecular weight is 300 g/mol. The van der Waals surface area contributed by atoms with Crippen LogP contribution in [0.5, 0.6) is 0 Å². The Morgan fingerprint density at radius 2 is 1.40 bits per heavy atom. The molecular formula is C12H10ClNO6. The van der Waals surface area contributed by atoms with Gasteiger partial charge in [-0.2, -0.15) is 4.57 Å². The van der Waals surface area contributed by atoms with Crippen molar-refractivity contribution in [2.45, 2.75) is 0 Å². The van der Waals surface area contributed by atoms with E-state index < -0.39 is 16.2 Å². The van der Waals surface area contributed by atoms with E-state index in [9.17, 15) is 4.79 Å². The normalized spacial score (nSPS) is 10.4. The molecule has 0 saturated heterocycles. The van der Waals surface area contributed by atoms with Gasteiger partial charge in [0, 0.05) is 24.3 Å². The lowest BCUT2D eigenvalue weighted by atomic mass is 10.2. The third-order valence-electron chi connectivity index (χ3n) is 2.13. The molecule has 0 amide bonds. The van der Waals surface area contributed by atoms with Gasteiger partial charge in [-0.05, 0) is 12.1 Å². The van der Waals surface area contributed by atoms with Crippen LogP contribution in [-0.2, 0) is 0 Å². The Morgan fingerprint density at radius 1 is 0.950 bits per heavy atom. The van der Waals surface area contributed by atoms with Crippen LogP contribution < -0.4 is 23.2 Å². The molecule has 2 aromatic rings. The smallest absolute Gasteiger partial charge is 0.335 e. The number of hydrogen-bond donors (Lipinski definition) is 1. The van der Waals surface area contributed by atoms with E-state index in [1.807, 2.05) is 35.2 Å². The van der Waals surface area contributed by atoms with Crippen molar-refractivity contribution >= 4 is 5.97 Å². The zero-order valence-electron chi connectivity index (χ0n) is 10.0. The fourth-order valence-corrected chi connectivity index (χ4v) is 1.35. The highest BCUT2D eigenvalue weighted by atomic mass is 35.7. The second-order valence-corrected chi connectivity index (χ2v) is 4.27. The highest BCUT2D eigenvalue weighted by Gasteiger charge is 2.06. The number of aromatic carboxylic acids is 1. The van der Waals surface area contributed by atoms with Gasteiger partial charge in [0.05, 0.1) is 5.56 Å². The van der Waals surface area contributed by atoms with Crippen LogP contribution in [0, 0.1) is 10.2 Å². The van der Waals surface area contributed by atoms with E-state index in [2.05, 4.69) is 0 Å². The van der Waals surface area contributed by atoms with E-state index in [1.165, 1.54) is 0 Å². The minimum Gasteiger partial charge on any atom is -0.478 e. The summed E-state index contributed by atoms with van der Waals surface area (Å²) >= 11 is 0. The zero-order valence-corrected chi connectivity index (χ0v) is 10.8. The first-order valence-electron chi connectivity index (χ1n) is 5.19. The Bertz CT molecular complexity index is 546. The van der Waals surface area contributed by atoms with Crippen LogP contribution in [0.2, 0.25) is 0 Å². The highest BCUT2D eigenvalue weighted by Crippen LogP contribution is 2.03. The Kier molecular flexibility index (Phi) is 5.56. The SMILES string of the molecule is O=C(O)c1ccc(-[n+]2ccccc2)cc1.[O-][Cl+3]([O-])([O-])[O-]. The fraction of sp³-hybridized carbons (Fsp3) is 0. The van der Waals surface area contributed by atoms with Crippen LogP contribution in [0.1, 0.15) is 10.4 Å². The monoisotopic (exact) mass is 299 g/mol. The average Bonchev–Trinajstić information content (AvgIpc) is 2.38. The molecule has 1 aromatic heterocycles. The summed E-state index contributed by atoms with van der Waals surface area (Å²) < 4.78 is 35.9. The molecule has 0 aliphatic carbocycles. The molecule has 0 unspecified atom stereocenters. The van der Waals surface area contributed by atoms with Crippen molar-refractivity contribution in [1.82, 2.24) is 0 Å². The van der Waals surface area contributed by atoms with Crippen LogP contribution in [0.25, 0.3) is 5.69 Å². The zero-order chi connectivity index (χ0) is 15.2. The summed E-state index contributed by atoms with van der Waals surface area (Å²) in [6.07, 6.45) is 3.82. The van der Waals surface area contributed by atoms with Crippen molar-refractivity contribution in [2.24, 2.45) is 0 Å². The summed E-state index contributed by atoms with van der Waals surface area (Å²) in [7, 11) is -4.94. The minimum absolute atomic E-state index is 0.301. The Labute approximate surface area is 116 Å². The number of pyridine rings is 1. The van der Waals surface area contributed by atoms with E-state index in [0.717, 1.165) is 5.69 Å². The largest absolute Gasteiger partial charge is 0.478 e. The first kappa shape index (κ1) is 16.0. The second-order valence-electron chi connectivity index (χ2n) is 3.51. The van der Waals surface area contributed by atoms with E-state index >= 15 is 0 Å². The molecule has 0 saturated carbocycles. The molecule has 0 fully saturated rings. The summed E-state index contributed by atoms with van der Waals surface area (Å²) in [4.78, 5) is 10.6. The number of carboxylic acid groups (broad SMARTS) is 1. The lowest BCUT2D eigenvalue weighted by Gasteiger charge is -2.17. The van der Waals surface area contributed by atoms with Crippen molar-refractivity contribution in [3.63, 3.8) is 0 Å². The van der Waals surface area contributed by atoms with Crippen molar-refractivity contribution in [3.8, 4) is 5.69 Å². The van der Waals surface area contributed by atoms with Crippen LogP contribution >= 0.6 is 0 Å². The molecule has 1 aromatic carbocycles. The molecule has 0 aliphatic rings. The standard InChI is InChI=1S/C12H9NO2.ClHO4/c14-12(15)10-4-6-11(7-5-10)13-8-2-1-3-9-13;2-1(3,4)5/h1-9H;(H,2,3,4,5). The summed E-state index contributed by atoms with van der Waals surface area (Å²) in [5, 5.41) is 8.74. The Morgan fingerprint density at radius 3 is 1.80 bits per heavy atom. The van der Waals surface area contributed by atoms with Crippen LogP contribution in [0.15, 0.2) is 54.9 Å². The summed E-state index contributed by atoms with van der Waals surface area (Å²) in [5.74, 6) is -0.903. The number of hydrogen-bond acceptors (Lipinski definition) is 5. The van der Waals surface area contributed by atoms with Gasteiger partial charge < -0.3 is 5.11 Å². The molecule has 20 heavy (non-hydrogen) atoms. The van der Waals surface area contributed by atoms with Crippen LogP contribution in [-0.4, -0.2) is 11.1 Å². The van der Waals surface area contributed by atoms with Gasteiger partial charge in [-0.3, -0.25) is 0 Å². The predicted molar refractivity (Wildman–Crippen MR) is 54.9 cm³/mol. The lowest BCUT2D eigenvalue weighted by molar-refractivity contribution is -2.00. The molecule has 0 bridgehead atoms. The number of carboxylic acids is 1. The fourth-order valence-electron chi connectivity index (χ4n) is 1.35. The topological polar surface area (TPSA) is 133 Å². The quantitative estimate of drug-likeness (QED) is 0.584. The van der Waals surface area contributed by atoms with Crippen molar-refractivity contribution in [2.75, 3.05) is 0 Å². The van der Waals surface area contributed by atoms with Gasteiger partial charge in [0.2, 0.25) is 5.69 Å². The lowest BCUT2D eigenvalue weighted by Crippen LogP contribution is -2.68. The van der Waals surface area contributed by atoms with Gasteiger partial charge in [0.25, 0.3) is 0 Å². The van der Waals surface area contributed by atoms with Crippen molar-refractivity contribution in [3.05, 3.63) is 60.4 Å². The first-order valence-corrected chi connectivity index (χ1v) is 6.42. The first-order chi connectivity index (χ1) is 9.27. The molecule has 0 aliphatic heterocycles. The minimum atomic E-state index is -4.94. The maximum atomic E-state index is 10.6. The molecule has 0 spiro atoms. The molecular weight excluding hydrogens is 290 g/mol. The third-order valence-corrected chi connectivity index (χ3v) is 2.13. The molecule has 7 nitrogen and oxygen atoms in total. The predicted octanol–water partition coefficient (Wildman–Crippen LogP) is -3.09. The number of carbonyl (C=O) groups is 1. The molecule has 0 radical (unpaired) electrons. The van der Waals surface area contributed by atoms with Crippen molar-refractivity contribution < 1.29 is 43.3 Å². The summed E-state index contributed by atoms with van der Waals surface area (Å²) in [6, 6.07) is 12.5. The number of aromatic nitrogens is 1. The van der Waals surface area contributed by atoms with Gasteiger partial charge in [-0.1, -0.05) is 6.07 Å². The second kappa shape index (κ2) is 6.94. The maximum absolute atomic E-state index is 10.6. The molecule has 2 rings (SSSR count). The third kappa shape index (κ3) is 6.23. The van der Waals surface area contributed by atoms with E-state index in [0.29, 0.717) is 5.56 Å². The van der Waals surface area contributed by atoms with Crippen LogP contribution in [0.3, 0.4) is 0 Å². The number of rotatable bonds is 2. The van der Waals surface area contributed by atoms with Gasteiger partial charge >= 0.3 is 5.97 Å². The van der Waals surface area contributed by atoms with Crippen LogP contribution in [0.4, 0.5) is 0 Å². The molecule has 106 valence electrons. The van der Waals surface area contributed by atoms with Gasteiger partial charge in [0.15, 0.2) is 12.4 Å². The molecule has 0 atom stereocenters. The Hall–Kier alpha value is -2.03. The summed E-state index contributed by atoms with van der Waals surface area (Å²) in [6.45, 7) is 0. The van der Waals surface area contributed by atoms with Gasteiger partial charge in [0.1, 0.15) is 0 Å². The number of halogens is 1. The number of nitrogens with zero attached hydrogens (tertiary/aromatic N) is 1. The van der Waals surface area contributed by atoms with E-state index in [1.54, 1.807) is 24.3 Å². The van der Waals surface area contributed by atoms with Crippen molar-refractivity contribution in [1.29, 1.82) is 0 Å². The highest BCUT2D eigenvalue weighted by molar-refractivity contribution is 5.87. The molecule has 1 heterocycles. The maximum Gasteiger partial charge on any atom is 0.335 e. The van der Waals surface area contributed by atoms with Gasteiger partial charge in [-0.25, -0.2) is 23.4 Å². The summed E-state index contributed by atoms with van der Waals surface area (Å²) in [5.41, 5.74) is 1.25. The molecule has 1 N–H and O–H groups in total. The Balaban J connectivity index is 0.000000347. The van der Waals surface area contributed by atoms with Gasteiger partial charge in [-0.15, -0.1) is 10.2 Å². The van der Waals surface area contributed by atoms with E-state index in [4.69, 9.17) is 23.7 Å². The van der Waals surface area contributed by atoms with E-state index in [-0.39, 0.29) is 0 Å².